The number of unbranched alkanes of at least 4 members (excludes halogenated alkanes) is 1. The summed E-state index contributed by atoms with van der Waals surface area (Å²) in [4.78, 5) is 19.3. The summed E-state index contributed by atoms with van der Waals surface area (Å²) >= 11 is 0. The maximum atomic E-state index is 12.4. The number of alkyl halides is 3. The van der Waals surface area contributed by atoms with Gasteiger partial charge in [-0.15, -0.1) is 9.42 Å². The van der Waals surface area contributed by atoms with Crippen LogP contribution in [0.1, 0.15) is 26.2 Å². The summed E-state index contributed by atoms with van der Waals surface area (Å²) < 4.78 is 51.3. The standard InChI is InChI=1S/C8H12F3O4P/c1-2-3-4-6(8(9,10)11)7(12)5-15-16(13)14/h6H,2-5H2,1H3/p+1. The molecule has 0 rings (SSSR count). The van der Waals surface area contributed by atoms with Crippen LogP contribution in [0.15, 0.2) is 0 Å². The van der Waals surface area contributed by atoms with Crippen molar-refractivity contribution < 1.29 is 31.9 Å². The molecule has 1 N–H and O–H groups in total. The predicted octanol–water partition coefficient (Wildman–Crippen LogP) is 2.59. The van der Waals surface area contributed by atoms with Crippen LogP contribution in [0.25, 0.3) is 0 Å². The van der Waals surface area contributed by atoms with Crippen molar-refractivity contribution in [3.05, 3.63) is 0 Å². The van der Waals surface area contributed by atoms with Gasteiger partial charge in [-0.2, -0.15) is 13.2 Å². The molecular formula is C8H13F3O4P+. The number of hydrogen-bond donors (Lipinski definition) is 1. The molecule has 0 aromatic heterocycles. The molecule has 0 saturated carbocycles. The maximum absolute atomic E-state index is 12.4. The van der Waals surface area contributed by atoms with Gasteiger partial charge in [0.25, 0.3) is 0 Å². The molecule has 0 amide bonds. The number of Topliss-reactive ketones (excluding diaryl/α,β-unsaturated/α-hetero) is 1. The van der Waals surface area contributed by atoms with Gasteiger partial charge >= 0.3 is 14.4 Å². The highest BCUT2D eigenvalue weighted by molar-refractivity contribution is 7.32. The summed E-state index contributed by atoms with van der Waals surface area (Å²) in [6.07, 6.45) is -4.14. The van der Waals surface area contributed by atoms with Crippen molar-refractivity contribution in [1.82, 2.24) is 0 Å². The normalized spacial score (nSPS) is 14.7. The molecule has 0 radical (unpaired) electrons. The number of rotatable bonds is 7. The van der Waals surface area contributed by atoms with E-state index in [1.165, 1.54) is 0 Å². The molecule has 0 heterocycles. The lowest BCUT2D eigenvalue weighted by molar-refractivity contribution is -0.184. The molecule has 0 bridgehead atoms. The van der Waals surface area contributed by atoms with Crippen molar-refractivity contribution in [1.29, 1.82) is 0 Å². The molecule has 0 fully saturated rings. The van der Waals surface area contributed by atoms with Gasteiger partial charge in [-0.25, -0.2) is 0 Å². The molecule has 2 unspecified atom stereocenters. The van der Waals surface area contributed by atoms with E-state index in [2.05, 4.69) is 4.52 Å². The number of carbonyl (C=O) groups excluding carboxylic acids is 1. The van der Waals surface area contributed by atoms with Crippen LogP contribution in [0, 0.1) is 5.92 Å². The third-order valence-corrected chi connectivity index (χ3v) is 2.30. The predicted molar refractivity (Wildman–Crippen MR) is 49.9 cm³/mol. The van der Waals surface area contributed by atoms with Gasteiger partial charge in [0.1, 0.15) is 5.92 Å². The molecule has 0 aliphatic heterocycles. The zero-order chi connectivity index (χ0) is 12.8. The van der Waals surface area contributed by atoms with E-state index in [1.54, 1.807) is 6.92 Å². The maximum Gasteiger partial charge on any atom is 0.695 e. The van der Waals surface area contributed by atoms with Gasteiger partial charge in [0.05, 0.1) is 0 Å². The minimum Gasteiger partial charge on any atom is -0.296 e. The highest BCUT2D eigenvalue weighted by Crippen LogP contribution is 2.31. The van der Waals surface area contributed by atoms with Gasteiger partial charge in [0, 0.05) is 4.57 Å². The Morgan fingerprint density at radius 3 is 2.44 bits per heavy atom. The van der Waals surface area contributed by atoms with Crippen LogP contribution in [-0.4, -0.2) is 23.5 Å². The van der Waals surface area contributed by atoms with Crippen molar-refractivity contribution in [3.63, 3.8) is 0 Å². The molecule has 0 aromatic rings. The van der Waals surface area contributed by atoms with E-state index in [4.69, 9.17) is 4.89 Å². The number of ketones is 1. The average Bonchev–Trinajstić information content (AvgIpc) is 2.13. The second-order valence-electron chi connectivity index (χ2n) is 3.21. The molecule has 4 nitrogen and oxygen atoms in total. The summed E-state index contributed by atoms with van der Waals surface area (Å²) in [5.74, 6) is -3.32. The van der Waals surface area contributed by atoms with E-state index in [1.807, 2.05) is 0 Å². The smallest absolute Gasteiger partial charge is 0.296 e. The Hall–Kier alpha value is -0.520. The van der Waals surface area contributed by atoms with Crippen molar-refractivity contribution in [2.45, 2.75) is 32.4 Å². The van der Waals surface area contributed by atoms with Gasteiger partial charge in [-0.3, -0.25) is 4.79 Å². The second kappa shape index (κ2) is 6.93. The fraction of sp³-hybridized carbons (Fsp3) is 0.875. The summed E-state index contributed by atoms with van der Waals surface area (Å²) in [5.41, 5.74) is 0. The first kappa shape index (κ1) is 15.5. The van der Waals surface area contributed by atoms with Gasteiger partial charge in [0.2, 0.25) is 0 Å². The monoisotopic (exact) mass is 261 g/mol. The zero-order valence-corrected chi connectivity index (χ0v) is 9.55. The van der Waals surface area contributed by atoms with Crippen LogP contribution in [0.2, 0.25) is 0 Å². The van der Waals surface area contributed by atoms with E-state index < -0.39 is 32.7 Å². The first-order chi connectivity index (χ1) is 7.29. The lowest BCUT2D eigenvalue weighted by Gasteiger charge is -2.17. The first-order valence-electron chi connectivity index (χ1n) is 4.67. The number of hydrogen-bond acceptors (Lipinski definition) is 3. The molecule has 8 heteroatoms. The summed E-state index contributed by atoms with van der Waals surface area (Å²) in [5, 5.41) is 0. The minimum absolute atomic E-state index is 0.265. The number of halogens is 3. The van der Waals surface area contributed by atoms with Crippen molar-refractivity contribution >= 4 is 14.0 Å². The van der Waals surface area contributed by atoms with Gasteiger partial charge in [0.15, 0.2) is 12.4 Å². The van der Waals surface area contributed by atoms with Crippen LogP contribution in [0.5, 0.6) is 0 Å². The molecule has 0 aromatic carbocycles. The third kappa shape index (κ3) is 6.15. The van der Waals surface area contributed by atoms with Crippen molar-refractivity contribution in [2.24, 2.45) is 5.92 Å². The molecular weight excluding hydrogens is 248 g/mol. The molecule has 94 valence electrons. The summed E-state index contributed by atoms with van der Waals surface area (Å²) in [6, 6.07) is 0. The average molecular weight is 261 g/mol. The highest BCUT2D eigenvalue weighted by atomic mass is 31.1. The van der Waals surface area contributed by atoms with E-state index in [0.29, 0.717) is 6.42 Å². The molecule has 0 spiro atoms. The van der Waals surface area contributed by atoms with E-state index in [0.717, 1.165) is 0 Å². The van der Waals surface area contributed by atoms with E-state index in [9.17, 15) is 22.5 Å². The fourth-order valence-electron chi connectivity index (χ4n) is 1.13. The molecule has 0 aliphatic rings. The Bertz CT molecular complexity index is 254. The van der Waals surface area contributed by atoms with Gasteiger partial charge < -0.3 is 0 Å². The summed E-state index contributed by atoms with van der Waals surface area (Å²) in [7, 11) is -3.04. The van der Waals surface area contributed by atoms with E-state index >= 15 is 0 Å². The van der Waals surface area contributed by atoms with Crippen LogP contribution in [0.3, 0.4) is 0 Å². The first-order valence-corrected chi connectivity index (χ1v) is 5.80. The van der Waals surface area contributed by atoms with Crippen LogP contribution >= 0.6 is 8.25 Å². The quantitative estimate of drug-likeness (QED) is 0.715. The summed E-state index contributed by atoms with van der Waals surface area (Å²) in [6.45, 7) is 0.721. The van der Waals surface area contributed by atoms with Crippen molar-refractivity contribution in [2.75, 3.05) is 6.61 Å². The topological polar surface area (TPSA) is 63.6 Å². The second-order valence-corrected chi connectivity index (χ2v) is 3.95. The third-order valence-electron chi connectivity index (χ3n) is 1.95. The molecule has 16 heavy (non-hydrogen) atoms. The minimum atomic E-state index is -4.63. The Kier molecular flexibility index (Phi) is 6.71. The van der Waals surface area contributed by atoms with E-state index in [-0.39, 0.29) is 12.8 Å². The Morgan fingerprint density at radius 1 is 1.50 bits per heavy atom. The fourth-order valence-corrected chi connectivity index (χ4v) is 1.37. The van der Waals surface area contributed by atoms with Crippen LogP contribution in [0.4, 0.5) is 13.2 Å². The van der Waals surface area contributed by atoms with Gasteiger partial charge in [-0.05, 0) is 6.42 Å². The zero-order valence-electron chi connectivity index (χ0n) is 8.66. The largest absolute Gasteiger partial charge is 0.695 e. The number of carbonyl (C=O) groups is 1. The Balaban J connectivity index is 4.38. The molecule has 2 atom stereocenters. The van der Waals surface area contributed by atoms with Crippen LogP contribution in [-0.2, 0) is 13.9 Å². The Morgan fingerprint density at radius 2 is 2.06 bits per heavy atom. The highest BCUT2D eigenvalue weighted by Gasteiger charge is 2.44. The molecule has 0 aliphatic carbocycles. The van der Waals surface area contributed by atoms with Crippen molar-refractivity contribution in [3.8, 4) is 0 Å². The molecule has 0 saturated heterocycles. The lowest BCUT2D eigenvalue weighted by Crippen LogP contribution is -2.32. The van der Waals surface area contributed by atoms with Crippen LogP contribution < -0.4 is 0 Å². The van der Waals surface area contributed by atoms with Gasteiger partial charge in [-0.1, -0.05) is 19.8 Å². The SMILES string of the molecule is CCCCC(C(=O)CO[P+](=O)O)C(F)(F)F. The lowest BCUT2D eigenvalue weighted by atomic mass is 9.97. The Labute approximate surface area is 91.7 Å².